The van der Waals surface area contributed by atoms with Gasteiger partial charge < -0.3 is 15.2 Å². The van der Waals surface area contributed by atoms with Crippen molar-refractivity contribution in [3.8, 4) is 0 Å². The molecule has 2 atom stereocenters. The minimum Gasteiger partial charge on any atom is -0.445 e. The second kappa shape index (κ2) is 5.25. The Morgan fingerprint density at radius 1 is 1.60 bits per heavy atom. The average molecular weight is 275 g/mol. The van der Waals surface area contributed by atoms with Crippen LogP contribution in [0.25, 0.3) is 0 Å². The topological polar surface area (TPSA) is 58.6 Å². The predicted octanol–water partition coefficient (Wildman–Crippen LogP) is 1.77. The van der Waals surface area contributed by atoms with E-state index in [0.29, 0.717) is 6.42 Å². The van der Waals surface area contributed by atoms with Crippen molar-refractivity contribution in [1.82, 2.24) is 5.32 Å². The molecule has 0 bridgehead atoms. The molecule has 1 aliphatic rings. The van der Waals surface area contributed by atoms with E-state index in [-0.39, 0.29) is 6.61 Å². The Morgan fingerprint density at radius 2 is 2.27 bits per heavy atom. The lowest BCUT2D eigenvalue weighted by molar-refractivity contribution is 0.123. The molecular formula is C8H10Cl3NO3. The van der Waals surface area contributed by atoms with Crippen LogP contribution in [0.3, 0.4) is 0 Å². The summed E-state index contributed by atoms with van der Waals surface area (Å²) in [6, 6.07) is -0.437. The van der Waals surface area contributed by atoms with E-state index in [1.807, 2.05) is 0 Å². The molecule has 0 heterocycles. The molecule has 0 aromatic rings. The van der Waals surface area contributed by atoms with Crippen LogP contribution in [0.4, 0.5) is 4.79 Å². The van der Waals surface area contributed by atoms with Gasteiger partial charge in [0.2, 0.25) is 3.79 Å². The number of carbonyl (C=O) groups excluding carboxylic acids is 1. The smallest absolute Gasteiger partial charge is 0.407 e. The molecule has 7 heteroatoms. The van der Waals surface area contributed by atoms with Gasteiger partial charge >= 0.3 is 6.09 Å². The Bertz CT molecular complexity index is 264. The third-order valence-electron chi connectivity index (χ3n) is 1.79. The SMILES string of the molecule is O=C(N[C@H]1C=CC[C@@H]1O)OCC(Cl)(Cl)Cl. The summed E-state index contributed by atoms with van der Waals surface area (Å²) in [5, 5.41) is 11.8. The van der Waals surface area contributed by atoms with Crippen molar-refractivity contribution in [1.29, 1.82) is 0 Å². The van der Waals surface area contributed by atoms with Crippen molar-refractivity contribution in [3.05, 3.63) is 12.2 Å². The highest BCUT2D eigenvalue weighted by molar-refractivity contribution is 6.67. The van der Waals surface area contributed by atoms with Crippen LogP contribution >= 0.6 is 34.8 Å². The predicted molar refractivity (Wildman–Crippen MR) is 58.3 cm³/mol. The van der Waals surface area contributed by atoms with Crippen molar-refractivity contribution < 1.29 is 14.6 Å². The molecule has 0 radical (unpaired) electrons. The summed E-state index contributed by atoms with van der Waals surface area (Å²) in [7, 11) is 0. The van der Waals surface area contributed by atoms with Crippen molar-refractivity contribution in [3.63, 3.8) is 0 Å². The first-order valence-corrected chi connectivity index (χ1v) is 5.36. The van der Waals surface area contributed by atoms with Crippen molar-refractivity contribution >= 4 is 40.9 Å². The van der Waals surface area contributed by atoms with Gasteiger partial charge in [-0.25, -0.2) is 4.79 Å². The van der Waals surface area contributed by atoms with E-state index in [1.54, 1.807) is 12.2 Å². The molecule has 1 rings (SSSR count). The van der Waals surface area contributed by atoms with Gasteiger partial charge in [-0.3, -0.25) is 0 Å². The molecule has 0 aromatic carbocycles. The normalized spacial score (nSPS) is 25.3. The number of aliphatic hydroxyl groups is 1. The van der Waals surface area contributed by atoms with Crippen LogP contribution in [0.5, 0.6) is 0 Å². The highest BCUT2D eigenvalue weighted by atomic mass is 35.6. The summed E-state index contributed by atoms with van der Waals surface area (Å²) in [4.78, 5) is 11.1. The molecule has 15 heavy (non-hydrogen) atoms. The molecule has 0 aromatic heterocycles. The Balaban J connectivity index is 2.27. The average Bonchev–Trinajstić information content (AvgIpc) is 2.47. The van der Waals surface area contributed by atoms with Crippen LogP contribution in [0, 0.1) is 0 Å². The van der Waals surface area contributed by atoms with Crippen molar-refractivity contribution in [2.24, 2.45) is 0 Å². The first-order valence-electron chi connectivity index (χ1n) is 4.23. The third kappa shape index (κ3) is 4.93. The lowest BCUT2D eigenvalue weighted by Crippen LogP contribution is -2.40. The lowest BCUT2D eigenvalue weighted by atomic mass is 10.2. The molecule has 1 aliphatic carbocycles. The third-order valence-corrected chi connectivity index (χ3v) is 2.11. The van der Waals surface area contributed by atoms with E-state index in [9.17, 15) is 9.90 Å². The first-order chi connectivity index (χ1) is 6.88. The van der Waals surface area contributed by atoms with E-state index >= 15 is 0 Å². The molecule has 1 amide bonds. The van der Waals surface area contributed by atoms with Crippen LogP contribution in [-0.4, -0.2) is 33.7 Å². The number of nitrogens with one attached hydrogen (secondary N) is 1. The maximum Gasteiger partial charge on any atom is 0.407 e. The minimum atomic E-state index is -1.62. The molecule has 0 saturated heterocycles. The first kappa shape index (κ1) is 12.9. The molecular weight excluding hydrogens is 264 g/mol. The van der Waals surface area contributed by atoms with Gasteiger partial charge in [-0.1, -0.05) is 47.0 Å². The van der Waals surface area contributed by atoms with Gasteiger partial charge in [0.15, 0.2) is 0 Å². The highest BCUT2D eigenvalue weighted by Crippen LogP contribution is 2.25. The zero-order valence-corrected chi connectivity index (χ0v) is 9.89. The number of carbonyl (C=O) groups is 1. The summed E-state index contributed by atoms with van der Waals surface area (Å²) in [5.74, 6) is 0. The van der Waals surface area contributed by atoms with E-state index in [4.69, 9.17) is 34.8 Å². The van der Waals surface area contributed by atoms with E-state index in [0.717, 1.165) is 0 Å². The maximum absolute atomic E-state index is 11.1. The van der Waals surface area contributed by atoms with Gasteiger partial charge in [-0.05, 0) is 6.42 Å². The van der Waals surface area contributed by atoms with E-state index in [2.05, 4.69) is 10.1 Å². The molecule has 0 saturated carbocycles. The Morgan fingerprint density at radius 3 is 2.73 bits per heavy atom. The fraction of sp³-hybridized carbons (Fsp3) is 0.625. The van der Waals surface area contributed by atoms with Gasteiger partial charge in [-0.15, -0.1) is 0 Å². The van der Waals surface area contributed by atoms with Crippen LogP contribution in [0.2, 0.25) is 0 Å². The van der Waals surface area contributed by atoms with E-state index in [1.165, 1.54) is 0 Å². The fourth-order valence-corrected chi connectivity index (χ4v) is 1.27. The van der Waals surface area contributed by atoms with Crippen LogP contribution < -0.4 is 5.32 Å². The van der Waals surface area contributed by atoms with Crippen molar-refractivity contribution in [2.75, 3.05) is 6.61 Å². The molecule has 86 valence electrons. The number of alkyl carbamates (subject to hydrolysis) is 1. The largest absolute Gasteiger partial charge is 0.445 e. The molecule has 0 aliphatic heterocycles. The highest BCUT2D eigenvalue weighted by Gasteiger charge is 2.25. The van der Waals surface area contributed by atoms with Crippen LogP contribution in [0.1, 0.15) is 6.42 Å². The number of hydrogen-bond donors (Lipinski definition) is 2. The van der Waals surface area contributed by atoms with Gasteiger partial charge in [-0.2, -0.15) is 0 Å². The number of halogens is 3. The monoisotopic (exact) mass is 273 g/mol. The molecule has 0 fully saturated rings. The quantitative estimate of drug-likeness (QED) is 0.596. The van der Waals surface area contributed by atoms with Crippen LogP contribution in [-0.2, 0) is 4.74 Å². The maximum atomic E-state index is 11.1. The summed E-state index contributed by atoms with van der Waals surface area (Å²) in [6.45, 7) is -0.337. The van der Waals surface area contributed by atoms with Crippen molar-refractivity contribution in [2.45, 2.75) is 22.4 Å². The molecule has 4 nitrogen and oxygen atoms in total. The Kier molecular flexibility index (Phi) is 4.52. The number of hydrogen-bond acceptors (Lipinski definition) is 3. The molecule has 2 N–H and O–H groups in total. The molecule has 0 spiro atoms. The second-order valence-electron chi connectivity index (χ2n) is 3.09. The summed E-state index contributed by atoms with van der Waals surface area (Å²) in [6.07, 6.45) is 2.61. The summed E-state index contributed by atoms with van der Waals surface area (Å²) in [5.41, 5.74) is 0. The Hall–Kier alpha value is -0.160. The number of ether oxygens (including phenoxy) is 1. The Labute approximate surface area is 102 Å². The lowest BCUT2D eigenvalue weighted by Gasteiger charge is -2.17. The number of rotatable bonds is 2. The summed E-state index contributed by atoms with van der Waals surface area (Å²) < 4.78 is 3.00. The van der Waals surface area contributed by atoms with Gasteiger partial charge in [0.05, 0.1) is 12.1 Å². The van der Waals surface area contributed by atoms with Gasteiger partial charge in [0, 0.05) is 0 Å². The zero-order chi connectivity index (χ0) is 11.5. The number of alkyl halides is 3. The standard InChI is InChI=1S/C8H10Cl3NO3/c9-8(10,11)4-15-7(14)12-5-2-1-3-6(5)13/h1-2,5-6,13H,3-4H2,(H,12,14)/t5-,6-/m0/s1. The fourth-order valence-electron chi connectivity index (χ4n) is 1.11. The van der Waals surface area contributed by atoms with E-state index < -0.39 is 22.0 Å². The minimum absolute atomic E-state index is 0.337. The van der Waals surface area contributed by atoms with Crippen LogP contribution in [0.15, 0.2) is 12.2 Å². The summed E-state index contributed by atoms with van der Waals surface area (Å²) >= 11 is 16.2. The number of amides is 1. The zero-order valence-electron chi connectivity index (χ0n) is 7.62. The number of aliphatic hydroxyl groups excluding tert-OH is 1. The molecule has 0 unspecified atom stereocenters. The van der Waals surface area contributed by atoms with Gasteiger partial charge in [0.25, 0.3) is 0 Å². The second-order valence-corrected chi connectivity index (χ2v) is 5.61. The van der Waals surface area contributed by atoms with Gasteiger partial charge in [0.1, 0.15) is 6.61 Å².